The van der Waals surface area contributed by atoms with E-state index in [2.05, 4.69) is 25.6 Å². The van der Waals surface area contributed by atoms with Gasteiger partial charge in [-0.1, -0.05) is 17.7 Å². The minimum Gasteiger partial charge on any atom is -0.382 e. The molecule has 0 radical (unpaired) electrons. The molecule has 2 aromatic heterocycles. The largest absolute Gasteiger partial charge is 0.382 e. The van der Waals surface area contributed by atoms with E-state index in [4.69, 9.17) is 11.6 Å². The summed E-state index contributed by atoms with van der Waals surface area (Å²) in [6.45, 7) is 6.16. The first-order chi connectivity index (χ1) is 17.6. The third-order valence-electron chi connectivity index (χ3n) is 6.33. The fourth-order valence-corrected chi connectivity index (χ4v) is 4.54. The quantitative estimate of drug-likeness (QED) is 0.314. The molecule has 1 saturated heterocycles. The van der Waals surface area contributed by atoms with E-state index >= 15 is 0 Å². The predicted molar refractivity (Wildman–Crippen MR) is 142 cm³/mol. The molecule has 1 aliphatic heterocycles. The summed E-state index contributed by atoms with van der Waals surface area (Å²) in [5.74, 6) is -0.0591. The number of amides is 2. The maximum absolute atomic E-state index is 14.9. The second kappa shape index (κ2) is 9.57. The third-order valence-corrected chi connectivity index (χ3v) is 6.62. The van der Waals surface area contributed by atoms with Gasteiger partial charge in [-0.15, -0.1) is 0 Å². The van der Waals surface area contributed by atoms with Crippen molar-refractivity contribution in [2.24, 2.45) is 0 Å². The molecule has 37 heavy (non-hydrogen) atoms. The van der Waals surface area contributed by atoms with Crippen LogP contribution in [0.15, 0.2) is 55.0 Å². The number of fused-ring (bicyclic) bond motifs is 1. The molecule has 0 spiro atoms. The maximum Gasteiger partial charge on any atom is 0.321 e. The van der Waals surface area contributed by atoms with Crippen molar-refractivity contribution in [3.8, 4) is 11.1 Å². The Balaban J connectivity index is 1.50. The van der Waals surface area contributed by atoms with Gasteiger partial charge in [-0.3, -0.25) is 9.88 Å². The van der Waals surface area contributed by atoms with E-state index in [1.807, 2.05) is 25.1 Å². The zero-order chi connectivity index (χ0) is 26.3. The van der Waals surface area contributed by atoms with E-state index in [0.29, 0.717) is 46.4 Å². The normalized spacial score (nSPS) is 14.6. The number of urea groups is 1. The molecule has 3 N–H and O–H groups in total. The molecule has 1 atom stereocenters. The average molecular weight is 521 g/mol. The highest BCUT2D eigenvalue weighted by molar-refractivity contribution is 6.34. The number of aromatic nitrogens is 3. The zero-order valence-electron chi connectivity index (χ0n) is 20.6. The lowest BCUT2D eigenvalue weighted by Crippen LogP contribution is -2.28. The van der Waals surface area contributed by atoms with Crippen LogP contribution in [0.5, 0.6) is 0 Å². The highest BCUT2D eigenvalue weighted by atomic mass is 35.5. The molecule has 4 aromatic rings. The van der Waals surface area contributed by atoms with E-state index in [-0.39, 0.29) is 11.8 Å². The first-order valence-electron chi connectivity index (χ1n) is 11.9. The Bertz CT molecular complexity index is 1490. The molecule has 0 saturated carbocycles. The van der Waals surface area contributed by atoms with Crippen molar-refractivity contribution in [1.29, 1.82) is 0 Å². The second-order valence-electron chi connectivity index (χ2n) is 9.52. The van der Waals surface area contributed by atoms with Gasteiger partial charge in [0.1, 0.15) is 11.4 Å². The molecule has 10 heteroatoms. The summed E-state index contributed by atoms with van der Waals surface area (Å²) in [4.78, 5) is 26.7. The fourth-order valence-electron chi connectivity index (χ4n) is 4.33. The van der Waals surface area contributed by atoms with E-state index in [1.165, 1.54) is 6.07 Å². The molecule has 0 bridgehead atoms. The Kier molecular flexibility index (Phi) is 6.43. The monoisotopic (exact) mass is 520 g/mol. The highest BCUT2D eigenvalue weighted by Gasteiger charge is 2.24. The van der Waals surface area contributed by atoms with Crippen molar-refractivity contribution in [2.75, 3.05) is 23.3 Å². The number of anilines is 2. The van der Waals surface area contributed by atoms with Crippen LogP contribution in [0.1, 0.15) is 38.2 Å². The standard InChI is InChI=1S/C27H26ClFN6O2/c1-15(19-11-18(5-6-22(19)29)35-9-8-30-26(35)36)34-24-20-10-16(4-7-23(20)31-14-21(24)28)17-12-32-25(33-13-17)27(2,3)37/h4-7,10-15,37H,8-9H2,1-3H3,(H,30,36)(H,31,34)/t15-/m1/s1. The van der Waals surface area contributed by atoms with Gasteiger partial charge >= 0.3 is 6.03 Å². The lowest BCUT2D eigenvalue weighted by atomic mass is 10.0. The summed E-state index contributed by atoms with van der Waals surface area (Å²) in [5.41, 5.74) is 2.81. The summed E-state index contributed by atoms with van der Waals surface area (Å²) in [7, 11) is 0. The van der Waals surface area contributed by atoms with Gasteiger partial charge in [-0.05, 0) is 56.7 Å². The van der Waals surface area contributed by atoms with Crippen LogP contribution < -0.4 is 15.5 Å². The molecular formula is C27H26ClFN6O2. The number of hydrogen-bond acceptors (Lipinski definition) is 6. The molecule has 5 rings (SSSR count). The first kappa shape index (κ1) is 24.9. The topological polar surface area (TPSA) is 103 Å². The van der Waals surface area contributed by atoms with Crippen molar-refractivity contribution in [1.82, 2.24) is 20.3 Å². The van der Waals surface area contributed by atoms with Gasteiger partial charge in [0.15, 0.2) is 5.82 Å². The number of aliphatic hydroxyl groups is 1. The number of nitrogens with one attached hydrogen (secondary N) is 2. The van der Waals surface area contributed by atoms with Gasteiger partial charge < -0.3 is 15.7 Å². The van der Waals surface area contributed by atoms with Crippen LogP contribution in [-0.2, 0) is 5.60 Å². The molecule has 8 nitrogen and oxygen atoms in total. The Morgan fingerprint density at radius 3 is 2.54 bits per heavy atom. The number of halogens is 2. The summed E-state index contributed by atoms with van der Waals surface area (Å²) in [5, 5.41) is 17.4. The Labute approximate surface area is 218 Å². The molecule has 1 fully saturated rings. The minimum atomic E-state index is -1.14. The highest BCUT2D eigenvalue weighted by Crippen LogP contribution is 2.36. The number of benzene rings is 2. The van der Waals surface area contributed by atoms with Crippen molar-refractivity contribution in [3.63, 3.8) is 0 Å². The SMILES string of the molecule is C[C@@H](Nc1c(Cl)cnc2ccc(-c3cnc(C(C)(C)O)nc3)cc12)c1cc(N2CCNC2=O)ccc1F. The fraction of sp³-hybridized carbons (Fsp3) is 0.259. The smallest absolute Gasteiger partial charge is 0.321 e. The van der Waals surface area contributed by atoms with Crippen LogP contribution in [0, 0.1) is 5.82 Å². The van der Waals surface area contributed by atoms with E-state index in [1.54, 1.807) is 49.5 Å². The van der Waals surface area contributed by atoms with Crippen LogP contribution in [0.4, 0.5) is 20.6 Å². The Morgan fingerprint density at radius 1 is 1.11 bits per heavy atom. The average Bonchev–Trinajstić information content (AvgIpc) is 3.31. The Hall–Kier alpha value is -3.82. The van der Waals surface area contributed by atoms with Gasteiger partial charge in [-0.2, -0.15) is 0 Å². The minimum absolute atomic E-state index is 0.201. The number of rotatable bonds is 6. The van der Waals surface area contributed by atoms with E-state index in [9.17, 15) is 14.3 Å². The number of hydrogen-bond donors (Lipinski definition) is 3. The maximum atomic E-state index is 14.9. The van der Waals surface area contributed by atoms with Crippen LogP contribution in [0.2, 0.25) is 5.02 Å². The molecule has 1 aliphatic rings. The lowest BCUT2D eigenvalue weighted by Gasteiger charge is -2.21. The number of nitrogens with zero attached hydrogens (tertiary/aromatic N) is 4. The lowest BCUT2D eigenvalue weighted by molar-refractivity contribution is 0.0687. The molecule has 0 unspecified atom stereocenters. The Morgan fingerprint density at radius 2 is 1.86 bits per heavy atom. The van der Waals surface area contributed by atoms with Crippen molar-refractivity contribution in [2.45, 2.75) is 32.4 Å². The summed E-state index contributed by atoms with van der Waals surface area (Å²) >= 11 is 6.57. The summed E-state index contributed by atoms with van der Waals surface area (Å²) < 4.78 is 14.9. The number of carbonyl (C=O) groups excluding carboxylic acids is 1. The first-order valence-corrected chi connectivity index (χ1v) is 12.2. The van der Waals surface area contributed by atoms with Gasteiger partial charge in [0.2, 0.25) is 0 Å². The van der Waals surface area contributed by atoms with E-state index in [0.717, 1.165) is 16.5 Å². The molecule has 2 aromatic carbocycles. The molecular weight excluding hydrogens is 495 g/mol. The van der Waals surface area contributed by atoms with Gasteiger partial charge in [0.25, 0.3) is 0 Å². The van der Waals surface area contributed by atoms with Crippen LogP contribution >= 0.6 is 11.6 Å². The van der Waals surface area contributed by atoms with Crippen LogP contribution in [0.3, 0.4) is 0 Å². The molecule has 190 valence electrons. The molecule has 0 aliphatic carbocycles. The number of carbonyl (C=O) groups is 1. The summed E-state index contributed by atoms with van der Waals surface area (Å²) in [6, 6.07) is 9.69. The van der Waals surface area contributed by atoms with Gasteiger partial charge in [0.05, 0.1) is 22.3 Å². The number of pyridine rings is 1. The molecule has 3 heterocycles. The third kappa shape index (κ3) is 4.92. The van der Waals surface area contributed by atoms with Crippen molar-refractivity contribution >= 4 is 39.9 Å². The zero-order valence-corrected chi connectivity index (χ0v) is 21.3. The van der Waals surface area contributed by atoms with Gasteiger partial charge in [0, 0.05) is 53.9 Å². The van der Waals surface area contributed by atoms with E-state index < -0.39 is 11.6 Å². The second-order valence-corrected chi connectivity index (χ2v) is 9.93. The molecule has 2 amide bonds. The van der Waals surface area contributed by atoms with Crippen LogP contribution in [-0.4, -0.2) is 39.2 Å². The van der Waals surface area contributed by atoms with Crippen molar-refractivity contribution < 1.29 is 14.3 Å². The van der Waals surface area contributed by atoms with Crippen LogP contribution in [0.25, 0.3) is 22.0 Å². The van der Waals surface area contributed by atoms with Gasteiger partial charge in [-0.25, -0.2) is 19.2 Å². The predicted octanol–water partition coefficient (Wildman–Crippen LogP) is 5.41. The summed E-state index contributed by atoms with van der Waals surface area (Å²) in [6.07, 6.45) is 4.87. The van der Waals surface area contributed by atoms with Crippen molar-refractivity contribution in [3.05, 3.63) is 77.2 Å².